The van der Waals surface area contributed by atoms with Crippen LogP contribution in [0.5, 0.6) is 0 Å². The molecule has 2 rings (SSSR count). The molecule has 0 aliphatic heterocycles. The first-order valence-corrected chi connectivity index (χ1v) is 8.07. The Kier molecular flexibility index (Phi) is 6.26. The minimum atomic E-state index is -4.59. The summed E-state index contributed by atoms with van der Waals surface area (Å²) in [6.07, 6.45) is -4.59. The lowest BCUT2D eigenvalue weighted by molar-refractivity contribution is -0.137. The second-order valence-electron chi connectivity index (χ2n) is 5.67. The Labute approximate surface area is 153 Å². The zero-order valence-corrected chi connectivity index (χ0v) is 14.5. The quantitative estimate of drug-likeness (QED) is 0.775. The van der Waals surface area contributed by atoms with Crippen LogP contribution in [0.25, 0.3) is 0 Å². The summed E-state index contributed by atoms with van der Waals surface area (Å²) in [5, 5.41) is 4.45. The van der Waals surface area contributed by atoms with Crippen LogP contribution in [0.1, 0.15) is 24.0 Å². The summed E-state index contributed by atoms with van der Waals surface area (Å²) in [4.78, 5) is 23.8. The number of carbonyl (C=O) groups excluding carboxylic acids is 2. The third kappa shape index (κ3) is 5.23. The first-order valence-electron chi connectivity index (χ1n) is 7.69. The molecule has 4 nitrogen and oxygen atoms in total. The summed E-state index contributed by atoms with van der Waals surface area (Å²) in [7, 11) is 0. The highest BCUT2D eigenvalue weighted by molar-refractivity contribution is 6.41. The van der Waals surface area contributed by atoms with E-state index in [1.165, 1.54) is 0 Å². The summed E-state index contributed by atoms with van der Waals surface area (Å²) in [5.74, 6) is -2.09. The van der Waals surface area contributed by atoms with Crippen molar-refractivity contribution in [3.63, 3.8) is 0 Å². The molecule has 0 aromatic heterocycles. The van der Waals surface area contributed by atoms with Gasteiger partial charge in [-0.15, -0.1) is 0 Å². The Balaban J connectivity index is 1.98. The molecular weight excluding hydrogens is 369 g/mol. The predicted molar refractivity (Wildman–Crippen MR) is 93.0 cm³/mol. The van der Waals surface area contributed by atoms with E-state index in [0.717, 1.165) is 17.7 Å². The fourth-order valence-electron chi connectivity index (χ4n) is 2.20. The van der Waals surface area contributed by atoms with Gasteiger partial charge in [0.05, 0.1) is 16.3 Å². The monoisotopic (exact) mass is 384 g/mol. The average Bonchev–Trinajstić information content (AvgIpc) is 2.60. The third-order valence-electron chi connectivity index (χ3n) is 3.69. The normalized spacial score (nSPS) is 12.3. The van der Waals surface area contributed by atoms with Crippen LogP contribution < -0.4 is 10.6 Å². The van der Waals surface area contributed by atoms with Crippen molar-refractivity contribution in [1.82, 2.24) is 5.32 Å². The lowest BCUT2D eigenvalue weighted by Gasteiger charge is -2.14. The maximum absolute atomic E-state index is 12.7. The van der Waals surface area contributed by atoms with Crippen LogP contribution in [0.2, 0.25) is 5.02 Å². The number of halogens is 4. The predicted octanol–water partition coefficient (Wildman–Crippen LogP) is 4.22. The van der Waals surface area contributed by atoms with Crippen LogP contribution >= 0.6 is 11.6 Å². The van der Waals surface area contributed by atoms with Crippen LogP contribution in [-0.4, -0.2) is 18.4 Å². The second kappa shape index (κ2) is 8.23. The lowest BCUT2D eigenvalue weighted by atomic mass is 10.0. The van der Waals surface area contributed by atoms with Crippen LogP contribution in [0.4, 0.5) is 18.9 Å². The van der Waals surface area contributed by atoms with Gasteiger partial charge in [-0.05, 0) is 29.7 Å². The maximum atomic E-state index is 12.7. The summed E-state index contributed by atoms with van der Waals surface area (Å²) in [6.45, 7) is 2.07. The number of rotatable bonds is 4. The molecule has 0 spiro atoms. The highest BCUT2D eigenvalue weighted by Crippen LogP contribution is 2.33. The number of hydrogen-bond acceptors (Lipinski definition) is 2. The van der Waals surface area contributed by atoms with Gasteiger partial charge in [0, 0.05) is 6.54 Å². The standard InChI is InChI=1S/C18H16ClF3N2O2/c1-11(12-5-3-2-4-6-12)10-23-16(25)17(26)24-15-9-13(18(20,21)22)7-8-14(15)19/h2-9,11H,10H2,1H3,(H,23,25)(H,24,26)/t11-/m0/s1. The summed E-state index contributed by atoms with van der Waals surface area (Å²) in [5.41, 5.74) is -0.276. The fraction of sp³-hybridized carbons (Fsp3) is 0.222. The Morgan fingerprint density at radius 3 is 2.35 bits per heavy atom. The molecule has 2 amide bonds. The molecular formula is C18H16ClF3N2O2. The number of amides is 2. The number of nitrogens with one attached hydrogen (secondary N) is 2. The van der Waals surface area contributed by atoms with Crippen molar-refractivity contribution < 1.29 is 22.8 Å². The third-order valence-corrected chi connectivity index (χ3v) is 4.02. The van der Waals surface area contributed by atoms with Gasteiger partial charge in [0.2, 0.25) is 0 Å². The van der Waals surface area contributed by atoms with Crippen molar-refractivity contribution in [3.8, 4) is 0 Å². The number of hydrogen-bond donors (Lipinski definition) is 2. The van der Waals surface area contributed by atoms with Crippen molar-refractivity contribution in [1.29, 1.82) is 0 Å². The van der Waals surface area contributed by atoms with Gasteiger partial charge >= 0.3 is 18.0 Å². The fourth-order valence-corrected chi connectivity index (χ4v) is 2.37. The van der Waals surface area contributed by atoms with Gasteiger partial charge in [0.15, 0.2) is 0 Å². The molecule has 138 valence electrons. The maximum Gasteiger partial charge on any atom is 0.416 e. The van der Waals surface area contributed by atoms with Crippen molar-refractivity contribution in [2.24, 2.45) is 0 Å². The van der Waals surface area contributed by atoms with Crippen molar-refractivity contribution in [2.75, 3.05) is 11.9 Å². The van der Waals surface area contributed by atoms with Gasteiger partial charge in [0.1, 0.15) is 0 Å². The van der Waals surface area contributed by atoms with Gasteiger partial charge in [0.25, 0.3) is 0 Å². The number of alkyl halides is 3. The van der Waals surface area contributed by atoms with Crippen molar-refractivity contribution >= 4 is 29.1 Å². The van der Waals surface area contributed by atoms with Crippen LogP contribution in [0.15, 0.2) is 48.5 Å². The van der Waals surface area contributed by atoms with Gasteiger partial charge < -0.3 is 10.6 Å². The van der Waals surface area contributed by atoms with E-state index in [1.54, 1.807) is 0 Å². The molecule has 0 saturated heterocycles. The second-order valence-corrected chi connectivity index (χ2v) is 6.08. The SMILES string of the molecule is C[C@@H](CNC(=O)C(=O)Nc1cc(C(F)(F)F)ccc1Cl)c1ccccc1. The summed E-state index contributed by atoms with van der Waals surface area (Å²) in [6, 6.07) is 11.8. The molecule has 0 radical (unpaired) electrons. The first-order chi connectivity index (χ1) is 12.2. The minimum absolute atomic E-state index is 0.0369. The van der Waals surface area contributed by atoms with E-state index in [2.05, 4.69) is 10.6 Å². The minimum Gasteiger partial charge on any atom is -0.347 e. The van der Waals surface area contributed by atoms with Gasteiger partial charge in [-0.1, -0.05) is 48.9 Å². The first kappa shape index (κ1) is 19.8. The number of anilines is 1. The largest absolute Gasteiger partial charge is 0.416 e. The lowest BCUT2D eigenvalue weighted by Crippen LogP contribution is -2.37. The van der Waals surface area contributed by atoms with E-state index in [4.69, 9.17) is 11.6 Å². The van der Waals surface area contributed by atoms with E-state index in [0.29, 0.717) is 6.07 Å². The van der Waals surface area contributed by atoms with E-state index in [1.807, 2.05) is 37.3 Å². The molecule has 26 heavy (non-hydrogen) atoms. The van der Waals surface area contributed by atoms with Crippen LogP contribution in [0, 0.1) is 0 Å². The van der Waals surface area contributed by atoms with Gasteiger partial charge in [-0.2, -0.15) is 13.2 Å². The summed E-state index contributed by atoms with van der Waals surface area (Å²) < 4.78 is 38.2. The van der Waals surface area contributed by atoms with Crippen LogP contribution in [-0.2, 0) is 15.8 Å². The van der Waals surface area contributed by atoms with Gasteiger partial charge in [-0.25, -0.2) is 0 Å². The van der Waals surface area contributed by atoms with E-state index < -0.39 is 23.6 Å². The molecule has 1 atom stereocenters. The number of carbonyl (C=O) groups is 2. The molecule has 8 heteroatoms. The molecule has 0 aliphatic carbocycles. The van der Waals surface area contributed by atoms with E-state index in [-0.39, 0.29) is 23.2 Å². The molecule has 2 N–H and O–H groups in total. The Morgan fingerprint density at radius 1 is 1.08 bits per heavy atom. The zero-order chi connectivity index (χ0) is 19.3. The van der Waals surface area contributed by atoms with Crippen LogP contribution in [0.3, 0.4) is 0 Å². The Hall–Kier alpha value is -2.54. The zero-order valence-electron chi connectivity index (χ0n) is 13.7. The molecule has 0 bridgehead atoms. The molecule has 0 saturated carbocycles. The Bertz CT molecular complexity index is 795. The molecule has 0 aliphatic rings. The number of benzene rings is 2. The average molecular weight is 385 g/mol. The smallest absolute Gasteiger partial charge is 0.347 e. The summed E-state index contributed by atoms with van der Waals surface area (Å²) >= 11 is 5.79. The van der Waals surface area contributed by atoms with Gasteiger partial charge in [-0.3, -0.25) is 9.59 Å². The molecule has 0 heterocycles. The molecule has 0 fully saturated rings. The van der Waals surface area contributed by atoms with E-state index >= 15 is 0 Å². The Morgan fingerprint density at radius 2 is 1.73 bits per heavy atom. The molecule has 2 aromatic rings. The highest BCUT2D eigenvalue weighted by Gasteiger charge is 2.31. The van der Waals surface area contributed by atoms with Crippen molar-refractivity contribution in [2.45, 2.75) is 19.0 Å². The highest BCUT2D eigenvalue weighted by atomic mass is 35.5. The molecule has 2 aromatic carbocycles. The topological polar surface area (TPSA) is 58.2 Å². The molecule has 0 unspecified atom stereocenters. The van der Waals surface area contributed by atoms with Crippen molar-refractivity contribution in [3.05, 3.63) is 64.7 Å². The van der Waals surface area contributed by atoms with E-state index in [9.17, 15) is 22.8 Å².